The standard InChI is InChI=1S/C14H15F4NO2/c1-8-2-3-9(5-11(8)15)4-10-6-19-7-13(10,12(20)21)14(16,17)18/h2-3,5,10,19H,4,6-7H2,1H3,(H,20,21)/t10-,13+/m0/s1. The fraction of sp³-hybridized carbons (Fsp3) is 0.500. The van der Waals surface area contributed by atoms with E-state index in [0.717, 1.165) is 6.07 Å². The zero-order valence-corrected chi connectivity index (χ0v) is 11.3. The van der Waals surface area contributed by atoms with Crippen LogP contribution < -0.4 is 5.32 Å². The van der Waals surface area contributed by atoms with Gasteiger partial charge in [-0.15, -0.1) is 0 Å². The van der Waals surface area contributed by atoms with Crippen molar-refractivity contribution < 1.29 is 27.5 Å². The van der Waals surface area contributed by atoms with Crippen molar-refractivity contribution in [2.24, 2.45) is 11.3 Å². The molecule has 2 N–H and O–H groups in total. The predicted octanol–water partition coefficient (Wildman–Crippen LogP) is 2.53. The first kappa shape index (κ1) is 15.8. The topological polar surface area (TPSA) is 49.3 Å². The van der Waals surface area contributed by atoms with Gasteiger partial charge < -0.3 is 10.4 Å². The molecule has 0 bridgehead atoms. The molecule has 7 heteroatoms. The number of aryl methyl sites for hydroxylation is 1. The van der Waals surface area contributed by atoms with Gasteiger partial charge in [-0.3, -0.25) is 4.79 Å². The maximum absolute atomic E-state index is 13.5. The molecule has 0 unspecified atom stereocenters. The van der Waals surface area contributed by atoms with Crippen LogP contribution in [0.2, 0.25) is 0 Å². The van der Waals surface area contributed by atoms with E-state index in [1.165, 1.54) is 12.1 Å². The van der Waals surface area contributed by atoms with Crippen molar-refractivity contribution in [1.82, 2.24) is 5.32 Å². The second-order valence-electron chi connectivity index (χ2n) is 5.39. The van der Waals surface area contributed by atoms with E-state index < -0.39 is 35.8 Å². The number of alkyl halides is 3. The summed E-state index contributed by atoms with van der Waals surface area (Å²) < 4.78 is 53.3. The number of hydrogen-bond donors (Lipinski definition) is 2. The number of carbonyl (C=O) groups is 1. The molecule has 2 atom stereocenters. The number of hydrogen-bond acceptors (Lipinski definition) is 2. The third-order valence-corrected chi connectivity index (χ3v) is 4.10. The van der Waals surface area contributed by atoms with Crippen LogP contribution in [0.5, 0.6) is 0 Å². The number of aliphatic carboxylic acids is 1. The zero-order chi connectivity index (χ0) is 15.8. The SMILES string of the molecule is Cc1ccc(C[C@H]2CNC[C@@]2(C(=O)O)C(F)(F)F)cc1F. The Morgan fingerprint density at radius 3 is 2.67 bits per heavy atom. The van der Waals surface area contributed by atoms with Gasteiger partial charge in [0.25, 0.3) is 0 Å². The van der Waals surface area contributed by atoms with Crippen molar-refractivity contribution in [3.05, 3.63) is 35.1 Å². The molecule has 0 amide bonds. The summed E-state index contributed by atoms with van der Waals surface area (Å²) in [7, 11) is 0. The lowest BCUT2D eigenvalue weighted by Crippen LogP contribution is -2.51. The molecule has 1 heterocycles. The van der Waals surface area contributed by atoms with Crippen LogP contribution in [0.25, 0.3) is 0 Å². The maximum Gasteiger partial charge on any atom is 0.406 e. The highest BCUT2D eigenvalue weighted by atomic mass is 19.4. The van der Waals surface area contributed by atoms with Gasteiger partial charge in [-0.05, 0) is 37.1 Å². The van der Waals surface area contributed by atoms with Crippen molar-refractivity contribution in [3.8, 4) is 0 Å². The average Bonchev–Trinajstić information content (AvgIpc) is 2.78. The largest absolute Gasteiger partial charge is 0.481 e. The van der Waals surface area contributed by atoms with E-state index in [0.29, 0.717) is 11.1 Å². The Morgan fingerprint density at radius 2 is 2.14 bits per heavy atom. The normalized spacial score (nSPS) is 26.0. The van der Waals surface area contributed by atoms with Gasteiger partial charge in [-0.2, -0.15) is 13.2 Å². The van der Waals surface area contributed by atoms with Crippen LogP contribution >= 0.6 is 0 Å². The molecule has 21 heavy (non-hydrogen) atoms. The second kappa shape index (κ2) is 5.29. The lowest BCUT2D eigenvalue weighted by atomic mass is 9.74. The predicted molar refractivity (Wildman–Crippen MR) is 67.3 cm³/mol. The number of carboxylic acids is 1. The quantitative estimate of drug-likeness (QED) is 0.844. The molecule has 0 aromatic heterocycles. The molecule has 1 fully saturated rings. The minimum Gasteiger partial charge on any atom is -0.481 e. The molecule has 0 spiro atoms. The highest BCUT2D eigenvalue weighted by Gasteiger charge is 2.66. The van der Waals surface area contributed by atoms with Gasteiger partial charge in [0.15, 0.2) is 5.41 Å². The molecule has 0 aliphatic carbocycles. The molecule has 1 saturated heterocycles. The van der Waals surface area contributed by atoms with Crippen LogP contribution in [0, 0.1) is 24.1 Å². The Balaban J connectivity index is 2.33. The molecule has 0 radical (unpaired) electrons. The molecule has 1 aromatic carbocycles. The minimum absolute atomic E-state index is 0.0681. The molecule has 1 aliphatic heterocycles. The first-order valence-electron chi connectivity index (χ1n) is 6.44. The molecular formula is C14H15F4NO2. The van der Waals surface area contributed by atoms with E-state index in [1.807, 2.05) is 0 Å². The third kappa shape index (κ3) is 2.62. The molecule has 1 aromatic rings. The Kier molecular flexibility index (Phi) is 3.97. The Morgan fingerprint density at radius 1 is 1.48 bits per heavy atom. The monoisotopic (exact) mass is 305 g/mol. The molecule has 0 saturated carbocycles. The lowest BCUT2D eigenvalue weighted by Gasteiger charge is -2.32. The second-order valence-corrected chi connectivity index (χ2v) is 5.39. The maximum atomic E-state index is 13.5. The van der Waals surface area contributed by atoms with Crippen molar-refractivity contribution in [1.29, 1.82) is 0 Å². The number of nitrogens with one attached hydrogen (secondary N) is 1. The van der Waals surface area contributed by atoms with E-state index in [4.69, 9.17) is 5.11 Å². The first-order valence-corrected chi connectivity index (χ1v) is 6.44. The molecule has 116 valence electrons. The Hall–Kier alpha value is -1.63. The van der Waals surface area contributed by atoms with Crippen LogP contribution in [0.4, 0.5) is 17.6 Å². The number of rotatable bonds is 3. The van der Waals surface area contributed by atoms with Gasteiger partial charge in [-0.25, -0.2) is 4.39 Å². The van der Waals surface area contributed by atoms with Crippen molar-refractivity contribution in [2.75, 3.05) is 13.1 Å². The van der Waals surface area contributed by atoms with Crippen molar-refractivity contribution in [3.63, 3.8) is 0 Å². The van der Waals surface area contributed by atoms with Crippen LogP contribution in [0.3, 0.4) is 0 Å². The van der Waals surface area contributed by atoms with Gasteiger partial charge in [0.1, 0.15) is 5.82 Å². The first-order chi connectivity index (χ1) is 9.68. The highest BCUT2D eigenvalue weighted by Crippen LogP contribution is 2.47. The van der Waals surface area contributed by atoms with Crippen LogP contribution in [0.15, 0.2) is 18.2 Å². The summed E-state index contributed by atoms with van der Waals surface area (Å²) in [5.41, 5.74) is -2.07. The number of benzene rings is 1. The Labute approximate surface area is 119 Å². The molecule has 2 rings (SSSR count). The summed E-state index contributed by atoms with van der Waals surface area (Å²) in [6.07, 6.45) is -5.01. The van der Waals surface area contributed by atoms with Crippen LogP contribution in [-0.4, -0.2) is 30.3 Å². The smallest absolute Gasteiger partial charge is 0.406 e. The third-order valence-electron chi connectivity index (χ3n) is 4.10. The van der Waals surface area contributed by atoms with E-state index >= 15 is 0 Å². The minimum atomic E-state index is -4.86. The van der Waals surface area contributed by atoms with Crippen molar-refractivity contribution >= 4 is 5.97 Å². The van der Waals surface area contributed by atoms with E-state index in [1.54, 1.807) is 6.92 Å². The van der Waals surface area contributed by atoms with E-state index in [9.17, 15) is 22.4 Å². The highest BCUT2D eigenvalue weighted by molar-refractivity contribution is 5.77. The summed E-state index contributed by atoms with van der Waals surface area (Å²) in [6.45, 7) is 0.819. The van der Waals surface area contributed by atoms with Gasteiger partial charge in [0.2, 0.25) is 0 Å². The fourth-order valence-electron chi connectivity index (χ4n) is 2.76. The molecule has 3 nitrogen and oxygen atoms in total. The van der Waals surface area contributed by atoms with Gasteiger partial charge in [0, 0.05) is 12.5 Å². The van der Waals surface area contributed by atoms with Gasteiger partial charge in [0.05, 0.1) is 0 Å². The average molecular weight is 305 g/mol. The number of halogens is 4. The van der Waals surface area contributed by atoms with Gasteiger partial charge in [-0.1, -0.05) is 12.1 Å². The van der Waals surface area contributed by atoms with Crippen LogP contribution in [0.1, 0.15) is 11.1 Å². The summed E-state index contributed by atoms with van der Waals surface area (Å²) in [4.78, 5) is 11.3. The zero-order valence-electron chi connectivity index (χ0n) is 11.3. The molecule has 1 aliphatic rings. The summed E-state index contributed by atoms with van der Waals surface area (Å²) in [6, 6.07) is 4.17. The lowest BCUT2D eigenvalue weighted by molar-refractivity contribution is -0.236. The van der Waals surface area contributed by atoms with Crippen molar-refractivity contribution in [2.45, 2.75) is 19.5 Å². The van der Waals surface area contributed by atoms with E-state index in [2.05, 4.69) is 5.32 Å². The molecular weight excluding hydrogens is 290 g/mol. The van der Waals surface area contributed by atoms with E-state index in [-0.39, 0.29) is 13.0 Å². The van der Waals surface area contributed by atoms with Gasteiger partial charge >= 0.3 is 12.1 Å². The summed E-state index contributed by atoms with van der Waals surface area (Å²) >= 11 is 0. The Bertz CT molecular complexity index is 558. The summed E-state index contributed by atoms with van der Waals surface area (Å²) in [5, 5.41) is 11.6. The number of carboxylic acid groups (broad SMARTS) is 1. The summed E-state index contributed by atoms with van der Waals surface area (Å²) in [5.74, 6) is -3.57. The fourth-order valence-corrected chi connectivity index (χ4v) is 2.76. The van der Waals surface area contributed by atoms with Crippen LogP contribution in [-0.2, 0) is 11.2 Å².